The summed E-state index contributed by atoms with van der Waals surface area (Å²) in [5.41, 5.74) is 6.85. The third-order valence-electron chi connectivity index (χ3n) is 3.94. The average molecular weight is 257 g/mol. The van der Waals surface area contributed by atoms with E-state index in [-0.39, 0.29) is 6.04 Å². The molecule has 0 fully saturated rings. The predicted octanol–water partition coefficient (Wildman–Crippen LogP) is 0.604. The monoisotopic (exact) mass is 257 g/mol. The number of nitrogens with zero attached hydrogens (tertiary/aromatic N) is 3. The molecule has 3 N–H and O–H groups in total. The average Bonchev–Trinajstić information content (AvgIpc) is 3.01. The molecule has 0 radical (unpaired) electrons. The zero-order valence-electron chi connectivity index (χ0n) is 11.1. The van der Waals surface area contributed by atoms with Crippen molar-refractivity contribution in [2.24, 2.45) is 18.8 Å². The van der Waals surface area contributed by atoms with E-state index in [9.17, 15) is 0 Å². The number of fused-ring (bicyclic) bond motifs is 1. The SMILES string of the molecule is Cn1cc(CC(NN)C2Cc3ccccc3C2)nn1. The molecule has 2 aromatic rings. The molecule has 5 heteroatoms. The van der Waals surface area contributed by atoms with Crippen molar-refractivity contribution < 1.29 is 0 Å². The van der Waals surface area contributed by atoms with Crippen LogP contribution < -0.4 is 11.3 Å². The van der Waals surface area contributed by atoms with Crippen molar-refractivity contribution in [1.29, 1.82) is 0 Å². The molecule has 0 aliphatic heterocycles. The van der Waals surface area contributed by atoms with E-state index >= 15 is 0 Å². The summed E-state index contributed by atoms with van der Waals surface area (Å²) in [5, 5.41) is 8.11. The molecule has 1 atom stereocenters. The van der Waals surface area contributed by atoms with Gasteiger partial charge in [-0.3, -0.25) is 16.0 Å². The van der Waals surface area contributed by atoms with Crippen LogP contribution in [-0.4, -0.2) is 21.0 Å². The van der Waals surface area contributed by atoms with E-state index < -0.39 is 0 Å². The molecular formula is C14H19N5. The zero-order chi connectivity index (χ0) is 13.2. The Kier molecular flexibility index (Phi) is 3.31. The fraction of sp³-hybridized carbons (Fsp3) is 0.429. The molecule has 1 unspecified atom stereocenters. The van der Waals surface area contributed by atoms with Gasteiger partial charge in [-0.1, -0.05) is 29.5 Å². The molecule has 0 saturated carbocycles. The number of nitrogens with one attached hydrogen (secondary N) is 1. The quantitative estimate of drug-likeness (QED) is 0.622. The van der Waals surface area contributed by atoms with Gasteiger partial charge in [-0.15, -0.1) is 5.10 Å². The third kappa shape index (κ3) is 2.52. The van der Waals surface area contributed by atoms with Crippen LogP contribution >= 0.6 is 0 Å². The van der Waals surface area contributed by atoms with Gasteiger partial charge < -0.3 is 0 Å². The van der Waals surface area contributed by atoms with Crippen LogP contribution in [0.4, 0.5) is 0 Å². The fourth-order valence-electron chi connectivity index (χ4n) is 2.95. The van der Waals surface area contributed by atoms with Crippen LogP contribution in [0.1, 0.15) is 16.8 Å². The van der Waals surface area contributed by atoms with Crippen molar-refractivity contribution in [2.75, 3.05) is 0 Å². The highest BCUT2D eigenvalue weighted by molar-refractivity contribution is 5.32. The van der Waals surface area contributed by atoms with Crippen LogP contribution in [0.15, 0.2) is 30.5 Å². The van der Waals surface area contributed by atoms with E-state index in [0.717, 1.165) is 25.0 Å². The van der Waals surface area contributed by atoms with Gasteiger partial charge in [-0.05, 0) is 29.9 Å². The maximum Gasteiger partial charge on any atom is 0.0843 e. The van der Waals surface area contributed by atoms with Crippen LogP contribution in [0.2, 0.25) is 0 Å². The van der Waals surface area contributed by atoms with Gasteiger partial charge in [0.2, 0.25) is 0 Å². The third-order valence-corrected chi connectivity index (χ3v) is 3.94. The molecule has 3 rings (SSSR count). The fourth-order valence-corrected chi connectivity index (χ4v) is 2.95. The Morgan fingerprint density at radius 3 is 2.58 bits per heavy atom. The minimum absolute atomic E-state index is 0.240. The molecule has 100 valence electrons. The number of rotatable bonds is 4. The van der Waals surface area contributed by atoms with E-state index in [2.05, 4.69) is 40.0 Å². The molecule has 0 saturated heterocycles. The van der Waals surface area contributed by atoms with Gasteiger partial charge in [0.25, 0.3) is 0 Å². The van der Waals surface area contributed by atoms with E-state index in [1.54, 1.807) is 4.68 Å². The summed E-state index contributed by atoms with van der Waals surface area (Å²) < 4.78 is 1.73. The molecule has 0 amide bonds. The van der Waals surface area contributed by atoms with Crippen LogP contribution in [-0.2, 0) is 26.3 Å². The van der Waals surface area contributed by atoms with Crippen molar-refractivity contribution in [3.8, 4) is 0 Å². The Hall–Kier alpha value is -1.72. The van der Waals surface area contributed by atoms with E-state index in [1.807, 2.05) is 13.2 Å². The highest BCUT2D eigenvalue weighted by Crippen LogP contribution is 2.29. The molecule has 19 heavy (non-hydrogen) atoms. The van der Waals surface area contributed by atoms with Gasteiger partial charge >= 0.3 is 0 Å². The van der Waals surface area contributed by atoms with E-state index in [0.29, 0.717) is 5.92 Å². The first-order valence-electron chi connectivity index (χ1n) is 6.64. The van der Waals surface area contributed by atoms with Gasteiger partial charge in [0.15, 0.2) is 0 Å². The summed E-state index contributed by atoms with van der Waals surface area (Å²) in [5.74, 6) is 6.27. The molecular weight excluding hydrogens is 238 g/mol. The topological polar surface area (TPSA) is 68.8 Å². The maximum absolute atomic E-state index is 5.74. The second kappa shape index (κ2) is 5.11. The number of hydrazine groups is 1. The molecule has 0 bridgehead atoms. The molecule has 1 aromatic carbocycles. The summed E-state index contributed by atoms with van der Waals surface area (Å²) in [7, 11) is 1.88. The number of aryl methyl sites for hydroxylation is 1. The first kappa shape index (κ1) is 12.3. The second-order valence-electron chi connectivity index (χ2n) is 5.30. The van der Waals surface area contributed by atoms with Gasteiger partial charge in [0.05, 0.1) is 5.69 Å². The van der Waals surface area contributed by atoms with Gasteiger partial charge in [0, 0.05) is 25.7 Å². The first-order chi connectivity index (χ1) is 9.26. The molecule has 0 spiro atoms. The van der Waals surface area contributed by atoms with Crippen LogP contribution in [0.5, 0.6) is 0 Å². The summed E-state index contributed by atoms with van der Waals surface area (Å²) in [6.07, 6.45) is 4.95. The Balaban J connectivity index is 1.71. The lowest BCUT2D eigenvalue weighted by Crippen LogP contribution is -2.43. The van der Waals surface area contributed by atoms with Gasteiger partial charge in [0.1, 0.15) is 0 Å². The van der Waals surface area contributed by atoms with E-state index in [4.69, 9.17) is 5.84 Å². The number of hydrogen-bond acceptors (Lipinski definition) is 4. The molecule has 1 aromatic heterocycles. The maximum atomic E-state index is 5.74. The highest BCUT2D eigenvalue weighted by Gasteiger charge is 2.28. The minimum atomic E-state index is 0.240. The summed E-state index contributed by atoms with van der Waals surface area (Å²) in [6.45, 7) is 0. The molecule has 1 aliphatic rings. The zero-order valence-corrected chi connectivity index (χ0v) is 11.1. The molecule has 5 nitrogen and oxygen atoms in total. The summed E-state index contributed by atoms with van der Waals surface area (Å²) >= 11 is 0. The lowest BCUT2D eigenvalue weighted by atomic mass is 9.93. The molecule has 1 aliphatic carbocycles. The molecule has 1 heterocycles. The van der Waals surface area contributed by atoms with Crippen molar-refractivity contribution in [3.05, 3.63) is 47.3 Å². The second-order valence-corrected chi connectivity index (χ2v) is 5.30. The lowest BCUT2D eigenvalue weighted by Gasteiger charge is -2.21. The number of nitrogens with two attached hydrogens (primary N) is 1. The standard InChI is InChI=1S/C14H19N5/c1-19-9-13(17-18-19)8-14(16-15)12-6-10-4-2-3-5-11(10)7-12/h2-5,9,12,14,16H,6-8,15H2,1H3. The van der Waals surface area contributed by atoms with Gasteiger partial charge in [-0.25, -0.2) is 0 Å². The van der Waals surface area contributed by atoms with Crippen molar-refractivity contribution in [1.82, 2.24) is 20.4 Å². The normalized spacial score (nSPS) is 16.5. The summed E-state index contributed by atoms with van der Waals surface area (Å²) in [6, 6.07) is 8.88. The Morgan fingerprint density at radius 1 is 1.37 bits per heavy atom. The Bertz CT molecular complexity index is 537. The first-order valence-corrected chi connectivity index (χ1v) is 6.64. The van der Waals surface area contributed by atoms with Crippen LogP contribution in [0.3, 0.4) is 0 Å². The van der Waals surface area contributed by atoms with Crippen molar-refractivity contribution in [2.45, 2.75) is 25.3 Å². The van der Waals surface area contributed by atoms with Crippen LogP contribution in [0, 0.1) is 5.92 Å². The highest BCUT2D eigenvalue weighted by atomic mass is 15.4. The minimum Gasteiger partial charge on any atom is -0.271 e. The van der Waals surface area contributed by atoms with Crippen LogP contribution in [0.25, 0.3) is 0 Å². The smallest absolute Gasteiger partial charge is 0.0843 e. The van der Waals surface area contributed by atoms with Crippen molar-refractivity contribution >= 4 is 0 Å². The summed E-state index contributed by atoms with van der Waals surface area (Å²) in [4.78, 5) is 0. The number of hydrogen-bond donors (Lipinski definition) is 2. The Labute approximate surface area is 112 Å². The lowest BCUT2D eigenvalue weighted by molar-refractivity contribution is 0.364. The largest absolute Gasteiger partial charge is 0.271 e. The van der Waals surface area contributed by atoms with E-state index in [1.165, 1.54) is 11.1 Å². The number of aromatic nitrogens is 3. The predicted molar refractivity (Wildman–Crippen MR) is 73.2 cm³/mol. The number of benzene rings is 1. The Morgan fingerprint density at radius 2 is 2.05 bits per heavy atom. The van der Waals surface area contributed by atoms with Crippen molar-refractivity contribution in [3.63, 3.8) is 0 Å². The van der Waals surface area contributed by atoms with Gasteiger partial charge in [-0.2, -0.15) is 0 Å².